The van der Waals surface area contributed by atoms with Crippen molar-refractivity contribution in [1.29, 1.82) is 0 Å². The Hall–Kier alpha value is -3.98. The molecule has 1 aromatic heterocycles. The van der Waals surface area contributed by atoms with Crippen molar-refractivity contribution < 1.29 is 18.7 Å². The zero-order valence-electron chi connectivity index (χ0n) is 21.2. The molecule has 0 radical (unpaired) electrons. The SMILES string of the molecule is N[C@@H]1C(=O)N2C(C(=O)OC(c3ccccc3)c3ccccc3)=C(Sc3ccc4c(c3)oc3ccccc34)CS[C@H]12. The van der Waals surface area contributed by atoms with Gasteiger partial charge in [0.25, 0.3) is 0 Å². The third-order valence-corrected chi connectivity index (χ3v) is 9.75. The molecule has 7 rings (SSSR count). The normalized spacial score (nSPS) is 18.8. The van der Waals surface area contributed by atoms with E-state index in [1.807, 2.05) is 103 Å². The van der Waals surface area contributed by atoms with Gasteiger partial charge in [0.05, 0.1) is 0 Å². The molecule has 0 bridgehead atoms. The maximum atomic E-state index is 14.0. The van der Waals surface area contributed by atoms with Crippen LogP contribution < -0.4 is 5.73 Å². The predicted octanol–water partition coefficient (Wildman–Crippen LogP) is 6.46. The van der Waals surface area contributed by atoms with Crippen LogP contribution in [0.2, 0.25) is 0 Å². The molecule has 1 amide bonds. The molecule has 1 saturated heterocycles. The van der Waals surface area contributed by atoms with E-state index in [2.05, 4.69) is 0 Å². The Morgan fingerprint density at radius 3 is 2.27 bits per heavy atom. The zero-order chi connectivity index (χ0) is 27.2. The number of amides is 1. The number of ether oxygens (including phenoxy) is 1. The minimum Gasteiger partial charge on any atom is -0.456 e. The molecule has 3 heterocycles. The van der Waals surface area contributed by atoms with Gasteiger partial charge in [0.2, 0.25) is 5.91 Å². The standard InChI is InChI=1S/C32H24N2O4S2/c33-27-30(35)34-28(32(36)38-29(19-9-3-1-4-10-19)20-11-5-2-6-12-20)26(18-39-31(27)34)40-21-15-16-23-22-13-7-8-14-24(22)37-25(23)17-21/h1-17,27,29,31H,18,33H2/t27-,31-/m1/s1. The molecular weight excluding hydrogens is 540 g/mol. The van der Waals surface area contributed by atoms with Crippen LogP contribution in [-0.2, 0) is 14.3 Å². The molecule has 6 nitrogen and oxygen atoms in total. The lowest BCUT2D eigenvalue weighted by Gasteiger charge is -2.48. The van der Waals surface area contributed by atoms with Gasteiger partial charge in [0.15, 0.2) is 6.10 Å². The molecule has 2 atom stereocenters. The number of carbonyl (C=O) groups excluding carboxylic acids is 2. The molecule has 0 saturated carbocycles. The second-order valence-electron chi connectivity index (χ2n) is 9.67. The van der Waals surface area contributed by atoms with Crippen molar-refractivity contribution in [2.45, 2.75) is 22.4 Å². The summed E-state index contributed by atoms with van der Waals surface area (Å²) in [4.78, 5) is 30.1. The summed E-state index contributed by atoms with van der Waals surface area (Å²) in [7, 11) is 0. The fourth-order valence-electron chi connectivity index (χ4n) is 5.21. The monoisotopic (exact) mass is 564 g/mol. The Bertz CT molecular complexity index is 1750. The Balaban J connectivity index is 1.26. The van der Waals surface area contributed by atoms with Crippen LogP contribution in [0.3, 0.4) is 0 Å². The zero-order valence-corrected chi connectivity index (χ0v) is 22.9. The number of β-lactam (4-membered cyclic amide) rings is 1. The molecule has 198 valence electrons. The predicted molar refractivity (Wildman–Crippen MR) is 158 cm³/mol. The van der Waals surface area contributed by atoms with Gasteiger partial charge in [-0.15, -0.1) is 11.8 Å². The number of nitrogens with two attached hydrogens (primary N) is 1. The van der Waals surface area contributed by atoms with E-state index in [9.17, 15) is 9.59 Å². The van der Waals surface area contributed by atoms with E-state index in [4.69, 9.17) is 14.9 Å². The number of rotatable bonds is 6. The number of thioether (sulfide) groups is 2. The van der Waals surface area contributed by atoms with E-state index < -0.39 is 18.1 Å². The van der Waals surface area contributed by atoms with Gasteiger partial charge in [-0.1, -0.05) is 90.6 Å². The Labute approximate surface area is 239 Å². The number of hydrogen-bond acceptors (Lipinski definition) is 7. The van der Waals surface area contributed by atoms with Crippen molar-refractivity contribution in [3.05, 3.63) is 125 Å². The Kier molecular flexibility index (Phi) is 6.38. The first-order chi connectivity index (χ1) is 19.6. The number of esters is 1. The Morgan fingerprint density at radius 1 is 0.900 bits per heavy atom. The van der Waals surface area contributed by atoms with Gasteiger partial charge in [-0.2, -0.15) is 0 Å². The van der Waals surface area contributed by atoms with Crippen LogP contribution in [-0.4, -0.2) is 33.9 Å². The van der Waals surface area contributed by atoms with Crippen molar-refractivity contribution in [1.82, 2.24) is 4.90 Å². The average Bonchev–Trinajstić information content (AvgIpc) is 3.38. The van der Waals surface area contributed by atoms with Crippen molar-refractivity contribution in [3.8, 4) is 0 Å². The quantitative estimate of drug-likeness (QED) is 0.187. The summed E-state index contributed by atoms with van der Waals surface area (Å²) in [6, 6.07) is 32.6. The summed E-state index contributed by atoms with van der Waals surface area (Å²) in [5.41, 5.74) is 9.67. The van der Waals surface area contributed by atoms with Crippen molar-refractivity contribution in [3.63, 3.8) is 0 Å². The maximum Gasteiger partial charge on any atom is 0.356 e. The second kappa shape index (κ2) is 10.2. The molecule has 0 aliphatic carbocycles. The van der Waals surface area contributed by atoms with Crippen molar-refractivity contribution in [2.75, 3.05) is 5.75 Å². The lowest BCUT2D eigenvalue weighted by Crippen LogP contribution is -2.68. The lowest BCUT2D eigenvalue weighted by molar-refractivity contribution is -0.152. The molecule has 4 aromatic carbocycles. The highest BCUT2D eigenvalue weighted by Gasteiger charge is 2.52. The van der Waals surface area contributed by atoms with Gasteiger partial charge in [0.1, 0.15) is 28.3 Å². The average molecular weight is 565 g/mol. The summed E-state index contributed by atoms with van der Waals surface area (Å²) >= 11 is 3.01. The first-order valence-corrected chi connectivity index (χ1v) is 14.8. The highest BCUT2D eigenvalue weighted by Crippen LogP contribution is 2.46. The maximum absolute atomic E-state index is 14.0. The highest BCUT2D eigenvalue weighted by atomic mass is 32.2. The number of para-hydroxylation sites is 1. The molecule has 0 spiro atoms. The summed E-state index contributed by atoms with van der Waals surface area (Å²) < 4.78 is 12.3. The number of hydrogen-bond donors (Lipinski definition) is 1. The van der Waals surface area contributed by atoms with Gasteiger partial charge in [0, 0.05) is 26.3 Å². The molecule has 2 aliphatic heterocycles. The summed E-state index contributed by atoms with van der Waals surface area (Å²) in [6.45, 7) is 0. The van der Waals surface area contributed by atoms with E-state index in [-0.39, 0.29) is 17.0 Å². The van der Waals surface area contributed by atoms with Crippen LogP contribution in [0.25, 0.3) is 21.9 Å². The van der Waals surface area contributed by atoms with Crippen LogP contribution in [0.15, 0.2) is 123 Å². The van der Waals surface area contributed by atoms with Crippen molar-refractivity contribution >= 4 is 57.3 Å². The Morgan fingerprint density at radius 2 is 1.55 bits per heavy atom. The smallest absolute Gasteiger partial charge is 0.356 e. The summed E-state index contributed by atoms with van der Waals surface area (Å²) in [6.07, 6.45) is -0.626. The summed E-state index contributed by atoms with van der Waals surface area (Å²) in [5.74, 6) is -0.280. The van der Waals surface area contributed by atoms with Gasteiger partial charge in [-0.05, 0) is 35.4 Å². The third kappa shape index (κ3) is 4.29. The highest BCUT2D eigenvalue weighted by molar-refractivity contribution is 8.06. The topological polar surface area (TPSA) is 85.8 Å². The molecule has 2 N–H and O–H groups in total. The van der Waals surface area contributed by atoms with Gasteiger partial charge >= 0.3 is 5.97 Å². The van der Waals surface area contributed by atoms with E-state index in [1.165, 1.54) is 16.7 Å². The van der Waals surface area contributed by atoms with E-state index in [0.29, 0.717) is 5.75 Å². The molecule has 5 aromatic rings. The van der Waals surface area contributed by atoms with Crippen LogP contribution in [0.5, 0.6) is 0 Å². The van der Waals surface area contributed by atoms with Crippen LogP contribution in [0, 0.1) is 0 Å². The molecule has 0 unspecified atom stereocenters. The minimum absolute atomic E-state index is 0.266. The largest absolute Gasteiger partial charge is 0.456 e. The first-order valence-electron chi connectivity index (χ1n) is 12.9. The number of nitrogens with zero attached hydrogens (tertiary/aromatic N) is 1. The van der Waals surface area contributed by atoms with Gasteiger partial charge < -0.3 is 14.9 Å². The lowest BCUT2D eigenvalue weighted by atomic mass is 10.0. The third-order valence-electron chi connectivity index (χ3n) is 7.19. The van der Waals surface area contributed by atoms with E-state index in [0.717, 1.165) is 42.9 Å². The van der Waals surface area contributed by atoms with Crippen LogP contribution in [0.1, 0.15) is 17.2 Å². The van der Waals surface area contributed by atoms with Crippen LogP contribution in [0.4, 0.5) is 0 Å². The number of furan rings is 1. The van der Waals surface area contributed by atoms with Gasteiger partial charge in [-0.3, -0.25) is 9.69 Å². The molecule has 2 aliphatic rings. The second-order valence-corrected chi connectivity index (χ2v) is 11.9. The van der Waals surface area contributed by atoms with Crippen molar-refractivity contribution in [2.24, 2.45) is 5.73 Å². The fraction of sp³-hybridized carbons (Fsp3) is 0.125. The summed E-state index contributed by atoms with van der Waals surface area (Å²) in [5, 5.41) is 1.80. The molecular formula is C32H24N2O4S2. The van der Waals surface area contributed by atoms with Crippen LogP contribution >= 0.6 is 23.5 Å². The van der Waals surface area contributed by atoms with E-state index >= 15 is 0 Å². The van der Waals surface area contributed by atoms with E-state index in [1.54, 1.807) is 11.8 Å². The number of carbonyl (C=O) groups is 2. The first kappa shape index (κ1) is 25.0. The number of benzene rings is 4. The molecule has 40 heavy (non-hydrogen) atoms. The van der Waals surface area contributed by atoms with Gasteiger partial charge in [-0.25, -0.2) is 4.79 Å². The molecule has 1 fully saturated rings. The minimum atomic E-state index is -0.634. The fourth-order valence-corrected chi connectivity index (χ4v) is 7.66. The number of fused-ring (bicyclic) bond motifs is 4. The molecule has 8 heteroatoms.